The van der Waals surface area contributed by atoms with Crippen LogP contribution in [0.2, 0.25) is 0 Å². The molecule has 88 valence electrons. The lowest BCUT2D eigenvalue weighted by Gasteiger charge is -2.10. The summed E-state index contributed by atoms with van der Waals surface area (Å²) in [7, 11) is 0. The average molecular weight is 362 g/mol. The summed E-state index contributed by atoms with van der Waals surface area (Å²) in [6.45, 7) is 0. The van der Waals surface area contributed by atoms with Crippen LogP contribution < -0.4 is 0 Å². The fourth-order valence-electron chi connectivity index (χ4n) is 2.20. The number of fused-ring (bicyclic) bond motifs is 1. The third-order valence-corrected chi connectivity index (χ3v) is 4.37. The van der Waals surface area contributed by atoms with E-state index < -0.39 is 0 Å². The second-order valence-electron chi connectivity index (χ2n) is 4.12. The van der Waals surface area contributed by atoms with Gasteiger partial charge in [0.1, 0.15) is 0 Å². The van der Waals surface area contributed by atoms with Gasteiger partial charge in [-0.25, -0.2) is 0 Å². The first kappa shape index (κ1) is 11.9. The summed E-state index contributed by atoms with van der Waals surface area (Å²) >= 11 is 7.28. The molecule has 0 aliphatic rings. The van der Waals surface area contributed by atoms with E-state index in [4.69, 9.17) is 0 Å². The predicted octanol–water partition coefficient (Wildman–Crippen LogP) is 6.03. The summed E-state index contributed by atoms with van der Waals surface area (Å²) in [6.07, 6.45) is 0. The van der Waals surface area contributed by atoms with E-state index in [0.717, 1.165) is 8.95 Å². The van der Waals surface area contributed by atoms with Crippen LogP contribution in [-0.4, -0.2) is 0 Å². The predicted molar refractivity (Wildman–Crippen MR) is 84.8 cm³/mol. The van der Waals surface area contributed by atoms with Crippen molar-refractivity contribution < 1.29 is 0 Å². The van der Waals surface area contributed by atoms with Gasteiger partial charge in [-0.2, -0.15) is 0 Å². The van der Waals surface area contributed by atoms with Crippen molar-refractivity contribution in [3.05, 3.63) is 69.6 Å². The Labute approximate surface area is 123 Å². The second-order valence-corrected chi connectivity index (χ2v) is 5.83. The molecule has 0 aliphatic carbocycles. The molecule has 18 heavy (non-hydrogen) atoms. The third kappa shape index (κ3) is 2.00. The van der Waals surface area contributed by atoms with Gasteiger partial charge in [-0.3, -0.25) is 0 Å². The van der Waals surface area contributed by atoms with Gasteiger partial charge >= 0.3 is 0 Å². The van der Waals surface area contributed by atoms with Crippen LogP contribution >= 0.6 is 31.9 Å². The molecule has 0 radical (unpaired) electrons. The van der Waals surface area contributed by atoms with Crippen LogP contribution in [0.1, 0.15) is 0 Å². The topological polar surface area (TPSA) is 0 Å². The van der Waals surface area contributed by atoms with Gasteiger partial charge < -0.3 is 0 Å². The van der Waals surface area contributed by atoms with Gasteiger partial charge in [0.25, 0.3) is 0 Å². The first-order chi connectivity index (χ1) is 8.77. The number of halogens is 2. The minimum absolute atomic E-state index is 1.12. The molecule has 0 saturated carbocycles. The van der Waals surface area contributed by atoms with Gasteiger partial charge in [0.15, 0.2) is 0 Å². The molecule has 0 bridgehead atoms. The van der Waals surface area contributed by atoms with Crippen LogP contribution in [-0.2, 0) is 0 Å². The number of hydrogen-bond acceptors (Lipinski definition) is 0. The van der Waals surface area contributed by atoms with E-state index >= 15 is 0 Å². The molecule has 0 atom stereocenters. The minimum Gasteiger partial charge on any atom is -0.0616 e. The van der Waals surface area contributed by atoms with Crippen molar-refractivity contribution in [1.29, 1.82) is 0 Å². The molecule has 3 aromatic rings. The van der Waals surface area contributed by atoms with E-state index in [1.54, 1.807) is 0 Å². The summed E-state index contributed by atoms with van der Waals surface area (Å²) in [5.74, 6) is 0. The first-order valence-electron chi connectivity index (χ1n) is 5.69. The maximum Gasteiger partial charge on any atom is 0.0259 e. The van der Waals surface area contributed by atoms with Crippen molar-refractivity contribution in [2.45, 2.75) is 0 Å². The van der Waals surface area contributed by atoms with Gasteiger partial charge in [-0.15, -0.1) is 0 Å². The maximum absolute atomic E-state index is 3.65. The number of benzene rings is 3. The van der Waals surface area contributed by atoms with Crippen molar-refractivity contribution in [2.75, 3.05) is 0 Å². The quantitative estimate of drug-likeness (QED) is 0.496. The van der Waals surface area contributed by atoms with E-state index in [-0.39, 0.29) is 0 Å². The zero-order valence-electron chi connectivity index (χ0n) is 9.53. The van der Waals surface area contributed by atoms with Gasteiger partial charge in [-0.05, 0) is 28.6 Å². The summed E-state index contributed by atoms with van der Waals surface area (Å²) in [5, 5.41) is 2.50. The van der Waals surface area contributed by atoms with Crippen LogP contribution in [0.4, 0.5) is 0 Å². The molecule has 3 aromatic carbocycles. The Morgan fingerprint density at radius 3 is 1.94 bits per heavy atom. The molecule has 0 spiro atoms. The van der Waals surface area contributed by atoms with Crippen molar-refractivity contribution in [3.63, 3.8) is 0 Å². The molecule has 0 nitrogen and oxygen atoms in total. The summed E-state index contributed by atoms with van der Waals surface area (Å²) in [4.78, 5) is 0. The molecule has 2 heteroatoms. The van der Waals surface area contributed by atoms with Crippen LogP contribution in [0.3, 0.4) is 0 Å². The fraction of sp³-hybridized carbons (Fsp3) is 0. The Hall–Kier alpha value is -1.12. The molecule has 0 unspecified atom stereocenters. The van der Waals surface area contributed by atoms with Gasteiger partial charge in [0.2, 0.25) is 0 Å². The van der Waals surface area contributed by atoms with E-state index in [1.165, 1.54) is 21.9 Å². The Morgan fingerprint density at radius 1 is 0.556 bits per heavy atom. The molecule has 3 rings (SSSR count). The van der Waals surface area contributed by atoms with E-state index in [0.29, 0.717) is 0 Å². The monoisotopic (exact) mass is 360 g/mol. The minimum atomic E-state index is 1.12. The molecule has 0 heterocycles. The largest absolute Gasteiger partial charge is 0.0616 e. The molecule has 0 saturated heterocycles. The highest BCUT2D eigenvalue weighted by atomic mass is 79.9. The summed E-state index contributed by atoms with van der Waals surface area (Å²) < 4.78 is 2.25. The van der Waals surface area contributed by atoms with Crippen LogP contribution in [0.15, 0.2) is 69.6 Å². The van der Waals surface area contributed by atoms with Crippen LogP contribution in [0.5, 0.6) is 0 Å². The van der Waals surface area contributed by atoms with E-state index in [9.17, 15) is 0 Å². The van der Waals surface area contributed by atoms with Crippen LogP contribution in [0.25, 0.3) is 21.9 Å². The highest BCUT2D eigenvalue weighted by molar-refractivity contribution is 9.11. The van der Waals surface area contributed by atoms with Gasteiger partial charge in [0, 0.05) is 14.3 Å². The van der Waals surface area contributed by atoms with Crippen molar-refractivity contribution in [3.8, 4) is 11.1 Å². The second kappa shape index (κ2) is 4.87. The summed E-state index contributed by atoms with van der Waals surface area (Å²) in [6, 6.07) is 21.0. The highest BCUT2D eigenvalue weighted by Gasteiger charge is 2.08. The normalized spacial score (nSPS) is 10.8. The SMILES string of the molecule is Brc1ccccc1-c1cccc2cccc(Br)c12. The molecule has 0 N–H and O–H groups in total. The maximum atomic E-state index is 3.65. The third-order valence-electron chi connectivity index (χ3n) is 3.02. The van der Waals surface area contributed by atoms with E-state index in [1.807, 2.05) is 6.07 Å². The smallest absolute Gasteiger partial charge is 0.0259 e. The molecular weight excluding hydrogens is 352 g/mol. The molecule has 0 amide bonds. The van der Waals surface area contributed by atoms with Gasteiger partial charge in [-0.1, -0.05) is 80.4 Å². The average Bonchev–Trinajstić information content (AvgIpc) is 2.39. The van der Waals surface area contributed by atoms with Crippen LogP contribution in [0, 0.1) is 0 Å². The lowest BCUT2D eigenvalue weighted by atomic mass is 9.98. The summed E-state index contributed by atoms with van der Waals surface area (Å²) in [5.41, 5.74) is 2.46. The zero-order valence-corrected chi connectivity index (χ0v) is 12.7. The molecule has 0 aliphatic heterocycles. The van der Waals surface area contributed by atoms with Gasteiger partial charge in [0.05, 0.1) is 0 Å². The van der Waals surface area contributed by atoms with Crippen molar-refractivity contribution in [1.82, 2.24) is 0 Å². The molecule has 0 aromatic heterocycles. The molecule has 0 fully saturated rings. The van der Waals surface area contributed by atoms with E-state index in [2.05, 4.69) is 86.5 Å². The van der Waals surface area contributed by atoms with Crippen molar-refractivity contribution in [2.24, 2.45) is 0 Å². The molecular formula is C16H10Br2. The Kier molecular flexibility index (Phi) is 3.23. The Balaban J connectivity index is 2.40. The Bertz CT molecular complexity index is 712. The Morgan fingerprint density at radius 2 is 1.17 bits per heavy atom. The lowest BCUT2D eigenvalue weighted by molar-refractivity contribution is 1.60. The zero-order chi connectivity index (χ0) is 12.5. The first-order valence-corrected chi connectivity index (χ1v) is 7.28. The highest BCUT2D eigenvalue weighted by Crippen LogP contribution is 2.36. The van der Waals surface area contributed by atoms with Crippen molar-refractivity contribution >= 4 is 42.6 Å². The lowest BCUT2D eigenvalue weighted by Crippen LogP contribution is -1.83. The standard InChI is InChI=1S/C16H10Br2/c17-14-9-2-1-7-12(14)13-8-3-5-11-6-4-10-15(18)16(11)13/h1-10H. The number of rotatable bonds is 1. The number of hydrogen-bond donors (Lipinski definition) is 0. The fourth-order valence-corrected chi connectivity index (χ4v) is 3.29.